The molecule has 0 fully saturated rings. The van der Waals surface area contributed by atoms with Gasteiger partial charge in [0, 0.05) is 12.2 Å². The Labute approximate surface area is 137 Å². The Morgan fingerprint density at radius 1 is 1.12 bits per heavy atom. The van der Waals surface area contributed by atoms with Crippen molar-refractivity contribution in [2.75, 3.05) is 11.9 Å². The average molecular weight is 338 g/mol. The van der Waals surface area contributed by atoms with E-state index in [0.29, 0.717) is 6.61 Å². The second-order valence-electron chi connectivity index (χ2n) is 4.96. The van der Waals surface area contributed by atoms with Crippen LogP contribution in [0.5, 0.6) is 5.75 Å². The fourth-order valence-corrected chi connectivity index (χ4v) is 2.00. The molecule has 2 N–H and O–H groups in total. The highest BCUT2D eigenvalue weighted by atomic mass is 19.4. The topological polar surface area (TPSA) is 50.4 Å². The monoisotopic (exact) mass is 338 g/mol. The fraction of sp³-hybridized carbons (Fsp3) is 0.235. The standard InChI is InChI=1S/C17H17F3N2O2/c1-2-24-15-8-6-12(7-9-15)11-21-16(23)22-14-5-3-4-13(10-14)17(18,19)20/h3-10H,2,11H2,1H3,(H2,21,22,23). The minimum atomic E-state index is -4.45. The Bertz CT molecular complexity index is 685. The largest absolute Gasteiger partial charge is 0.494 e. The van der Waals surface area contributed by atoms with E-state index >= 15 is 0 Å². The Morgan fingerprint density at radius 2 is 1.83 bits per heavy atom. The zero-order valence-corrected chi connectivity index (χ0v) is 13.0. The third-order valence-corrected chi connectivity index (χ3v) is 3.14. The number of hydrogen-bond acceptors (Lipinski definition) is 2. The van der Waals surface area contributed by atoms with Crippen LogP contribution in [0, 0.1) is 0 Å². The lowest BCUT2D eigenvalue weighted by atomic mass is 10.2. The van der Waals surface area contributed by atoms with Crippen molar-refractivity contribution in [1.29, 1.82) is 0 Å². The molecule has 7 heteroatoms. The molecule has 0 spiro atoms. The van der Waals surface area contributed by atoms with Crippen molar-refractivity contribution >= 4 is 11.7 Å². The number of ether oxygens (including phenoxy) is 1. The SMILES string of the molecule is CCOc1ccc(CNC(=O)Nc2cccc(C(F)(F)F)c2)cc1. The number of rotatable bonds is 5. The van der Waals surface area contributed by atoms with E-state index in [1.165, 1.54) is 12.1 Å². The van der Waals surface area contributed by atoms with E-state index in [-0.39, 0.29) is 12.2 Å². The van der Waals surface area contributed by atoms with E-state index in [9.17, 15) is 18.0 Å². The zero-order chi connectivity index (χ0) is 17.6. The molecule has 0 saturated heterocycles. The van der Waals surface area contributed by atoms with Crippen LogP contribution >= 0.6 is 0 Å². The third-order valence-electron chi connectivity index (χ3n) is 3.14. The van der Waals surface area contributed by atoms with E-state index in [1.807, 2.05) is 6.92 Å². The lowest BCUT2D eigenvalue weighted by Gasteiger charge is -2.11. The van der Waals surface area contributed by atoms with Gasteiger partial charge in [0.15, 0.2) is 0 Å². The fourth-order valence-electron chi connectivity index (χ4n) is 2.00. The number of amides is 2. The summed E-state index contributed by atoms with van der Waals surface area (Å²) in [4.78, 5) is 11.8. The Morgan fingerprint density at radius 3 is 2.46 bits per heavy atom. The molecule has 0 radical (unpaired) electrons. The molecule has 0 aliphatic heterocycles. The van der Waals surface area contributed by atoms with Gasteiger partial charge < -0.3 is 15.4 Å². The average Bonchev–Trinajstić information content (AvgIpc) is 2.54. The summed E-state index contributed by atoms with van der Waals surface area (Å²) in [6.07, 6.45) is -4.45. The van der Waals surface area contributed by atoms with Crippen LogP contribution in [0.15, 0.2) is 48.5 Å². The van der Waals surface area contributed by atoms with Crippen LogP contribution in [-0.2, 0) is 12.7 Å². The van der Waals surface area contributed by atoms with Crippen molar-refractivity contribution in [2.45, 2.75) is 19.6 Å². The van der Waals surface area contributed by atoms with Crippen LogP contribution in [0.25, 0.3) is 0 Å². The highest BCUT2D eigenvalue weighted by molar-refractivity contribution is 5.89. The second kappa shape index (κ2) is 7.72. The van der Waals surface area contributed by atoms with Crippen molar-refractivity contribution in [3.63, 3.8) is 0 Å². The number of carbonyl (C=O) groups is 1. The van der Waals surface area contributed by atoms with Crippen molar-refractivity contribution < 1.29 is 22.7 Å². The number of halogens is 3. The van der Waals surface area contributed by atoms with E-state index in [1.54, 1.807) is 24.3 Å². The van der Waals surface area contributed by atoms with Gasteiger partial charge in [-0.2, -0.15) is 13.2 Å². The van der Waals surface area contributed by atoms with E-state index < -0.39 is 17.8 Å². The highest BCUT2D eigenvalue weighted by Gasteiger charge is 2.30. The van der Waals surface area contributed by atoms with Gasteiger partial charge in [-0.1, -0.05) is 18.2 Å². The molecule has 2 amide bonds. The van der Waals surface area contributed by atoms with E-state index in [2.05, 4.69) is 10.6 Å². The first-order chi connectivity index (χ1) is 11.4. The molecule has 2 rings (SSSR count). The minimum absolute atomic E-state index is 0.0778. The molecule has 4 nitrogen and oxygen atoms in total. The van der Waals surface area contributed by atoms with Gasteiger partial charge in [-0.3, -0.25) is 0 Å². The number of hydrogen-bond donors (Lipinski definition) is 2. The number of urea groups is 1. The first-order valence-corrected chi connectivity index (χ1v) is 7.32. The van der Waals surface area contributed by atoms with Crippen molar-refractivity contribution in [3.8, 4) is 5.75 Å². The quantitative estimate of drug-likeness (QED) is 0.847. The van der Waals surface area contributed by atoms with Gasteiger partial charge >= 0.3 is 12.2 Å². The van der Waals surface area contributed by atoms with Crippen LogP contribution in [0.1, 0.15) is 18.1 Å². The summed E-state index contributed by atoms with van der Waals surface area (Å²) < 4.78 is 43.2. The molecule has 0 aliphatic carbocycles. The predicted molar refractivity (Wildman–Crippen MR) is 84.9 cm³/mol. The number of nitrogens with one attached hydrogen (secondary N) is 2. The van der Waals surface area contributed by atoms with E-state index in [4.69, 9.17) is 4.74 Å². The van der Waals surface area contributed by atoms with Gasteiger partial charge in [-0.25, -0.2) is 4.79 Å². The lowest BCUT2D eigenvalue weighted by molar-refractivity contribution is -0.137. The molecular weight excluding hydrogens is 321 g/mol. The first-order valence-electron chi connectivity index (χ1n) is 7.32. The molecule has 0 unspecified atom stereocenters. The third kappa shape index (κ3) is 5.19. The maximum atomic E-state index is 12.6. The summed E-state index contributed by atoms with van der Waals surface area (Å²) in [6.45, 7) is 2.70. The number of alkyl halides is 3. The Hall–Kier alpha value is -2.70. The van der Waals surface area contributed by atoms with E-state index in [0.717, 1.165) is 23.4 Å². The molecule has 0 saturated carbocycles. The molecule has 128 valence electrons. The molecule has 0 aliphatic rings. The van der Waals surface area contributed by atoms with Crippen LogP contribution in [-0.4, -0.2) is 12.6 Å². The lowest BCUT2D eigenvalue weighted by Crippen LogP contribution is -2.28. The minimum Gasteiger partial charge on any atom is -0.494 e. The number of carbonyl (C=O) groups excluding carboxylic acids is 1. The van der Waals surface area contributed by atoms with Crippen molar-refractivity contribution in [2.24, 2.45) is 0 Å². The summed E-state index contributed by atoms with van der Waals surface area (Å²) in [5, 5.41) is 4.97. The van der Waals surface area contributed by atoms with Gasteiger partial charge in [0.2, 0.25) is 0 Å². The van der Waals surface area contributed by atoms with Gasteiger partial charge in [0.05, 0.1) is 12.2 Å². The Balaban J connectivity index is 1.89. The summed E-state index contributed by atoms with van der Waals surface area (Å²) in [5.41, 5.74) is 0.110. The van der Waals surface area contributed by atoms with Crippen LogP contribution < -0.4 is 15.4 Å². The van der Waals surface area contributed by atoms with Gasteiger partial charge in [0.25, 0.3) is 0 Å². The molecule has 0 heterocycles. The number of benzene rings is 2. The summed E-state index contributed by atoms with van der Waals surface area (Å²) in [6, 6.07) is 11.1. The first kappa shape index (κ1) is 17.7. The second-order valence-corrected chi connectivity index (χ2v) is 4.96. The molecule has 2 aromatic rings. The smallest absolute Gasteiger partial charge is 0.416 e. The molecule has 0 atom stereocenters. The zero-order valence-electron chi connectivity index (χ0n) is 13.0. The molecule has 0 aromatic heterocycles. The normalized spacial score (nSPS) is 11.0. The maximum absolute atomic E-state index is 12.6. The van der Waals surface area contributed by atoms with Gasteiger partial charge in [0.1, 0.15) is 5.75 Å². The van der Waals surface area contributed by atoms with Crippen molar-refractivity contribution in [3.05, 3.63) is 59.7 Å². The number of anilines is 1. The van der Waals surface area contributed by atoms with Crippen LogP contribution in [0.4, 0.5) is 23.7 Å². The Kier molecular flexibility index (Phi) is 5.68. The van der Waals surface area contributed by atoms with Crippen LogP contribution in [0.3, 0.4) is 0 Å². The molecule has 0 bridgehead atoms. The van der Waals surface area contributed by atoms with Gasteiger partial charge in [-0.05, 0) is 42.8 Å². The predicted octanol–water partition coefficient (Wildman–Crippen LogP) is 4.43. The molecule has 2 aromatic carbocycles. The highest BCUT2D eigenvalue weighted by Crippen LogP contribution is 2.30. The summed E-state index contributed by atoms with van der Waals surface area (Å²) in [5.74, 6) is 0.731. The van der Waals surface area contributed by atoms with Crippen LogP contribution in [0.2, 0.25) is 0 Å². The maximum Gasteiger partial charge on any atom is 0.416 e. The molecule has 24 heavy (non-hydrogen) atoms. The van der Waals surface area contributed by atoms with Gasteiger partial charge in [-0.15, -0.1) is 0 Å². The summed E-state index contributed by atoms with van der Waals surface area (Å²) in [7, 11) is 0. The van der Waals surface area contributed by atoms with Crippen molar-refractivity contribution in [1.82, 2.24) is 5.32 Å². The molecular formula is C17H17F3N2O2. The summed E-state index contributed by atoms with van der Waals surface area (Å²) >= 11 is 0.